The van der Waals surface area contributed by atoms with E-state index in [1.807, 2.05) is 18.2 Å². The summed E-state index contributed by atoms with van der Waals surface area (Å²) in [5, 5.41) is 13.3. The number of anilines is 1. The average Bonchev–Trinajstić information content (AvgIpc) is 3.28. The molecule has 0 bridgehead atoms. The van der Waals surface area contributed by atoms with Crippen molar-refractivity contribution < 1.29 is 18.7 Å². The lowest BCUT2D eigenvalue weighted by Crippen LogP contribution is -2.43. The number of halogens is 2. The van der Waals surface area contributed by atoms with Crippen molar-refractivity contribution in [2.45, 2.75) is 18.5 Å². The van der Waals surface area contributed by atoms with Crippen LogP contribution in [-0.2, 0) is 0 Å². The second kappa shape index (κ2) is 8.68. The Hall–Kier alpha value is -3.69. The van der Waals surface area contributed by atoms with Gasteiger partial charge in [-0.15, -0.1) is 0 Å². The lowest BCUT2D eigenvalue weighted by Gasteiger charge is -2.39. The average molecular weight is 444 g/mol. The molecule has 3 aromatic rings. The van der Waals surface area contributed by atoms with E-state index in [0.717, 1.165) is 11.3 Å². The van der Waals surface area contributed by atoms with Crippen molar-refractivity contribution in [3.63, 3.8) is 0 Å². The van der Waals surface area contributed by atoms with E-state index in [1.54, 1.807) is 35.2 Å². The lowest BCUT2D eigenvalue weighted by atomic mass is 9.82. The van der Waals surface area contributed by atoms with Crippen molar-refractivity contribution >= 4 is 11.6 Å². The number of hydrogen-bond acceptors (Lipinski definition) is 3. The third-order valence-corrected chi connectivity index (χ3v) is 6.45. The van der Waals surface area contributed by atoms with Crippen molar-refractivity contribution in [2.24, 2.45) is 5.92 Å². The topological polar surface area (TPSA) is 52.6 Å². The second-order valence-corrected chi connectivity index (χ2v) is 8.34. The highest BCUT2D eigenvalue weighted by Crippen LogP contribution is 2.47. The van der Waals surface area contributed by atoms with E-state index < -0.39 is 5.82 Å². The number of rotatable bonds is 2. The highest BCUT2D eigenvalue weighted by atomic mass is 19.1. The summed E-state index contributed by atoms with van der Waals surface area (Å²) in [6, 6.07) is 17.4. The van der Waals surface area contributed by atoms with Crippen LogP contribution in [0.1, 0.15) is 39.5 Å². The van der Waals surface area contributed by atoms with Crippen molar-refractivity contribution in [1.82, 2.24) is 4.90 Å². The van der Waals surface area contributed by atoms with Gasteiger partial charge < -0.3 is 15.3 Å². The number of carbonyl (C=O) groups excluding carboxylic acids is 1. The van der Waals surface area contributed by atoms with Crippen molar-refractivity contribution in [2.75, 3.05) is 18.5 Å². The molecule has 0 spiro atoms. The van der Waals surface area contributed by atoms with E-state index >= 15 is 0 Å². The number of nitrogens with one attached hydrogen (secondary N) is 1. The molecule has 3 aromatic carbocycles. The molecule has 2 aliphatic heterocycles. The Bertz CT molecular complexity index is 1280. The predicted octanol–water partition coefficient (Wildman–Crippen LogP) is 4.35. The molecule has 1 saturated heterocycles. The summed E-state index contributed by atoms with van der Waals surface area (Å²) < 4.78 is 28.3. The maximum absolute atomic E-state index is 14.4. The zero-order valence-corrected chi connectivity index (χ0v) is 17.8. The first-order chi connectivity index (χ1) is 16.1. The van der Waals surface area contributed by atoms with Crippen LogP contribution >= 0.6 is 0 Å². The summed E-state index contributed by atoms with van der Waals surface area (Å²) in [5.74, 6) is 4.56. The summed E-state index contributed by atoms with van der Waals surface area (Å²) in [6.45, 7) is 0.391. The third-order valence-electron chi connectivity index (χ3n) is 6.45. The minimum absolute atomic E-state index is 0.0204. The molecule has 33 heavy (non-hydrogen) atoms. The van der Waals surface area contributed by atoms with Gasteiger partial charge in [-0.2, -0.15) is 0 Å². The van der Waals surface area contributed by atoms with Gasteiger partial charge in [-0.1, -0.05) is 36.1 Å². The van der Waals surface area contributed by atoms with Gasteiger partial charge in [-0.25, -0.2) is 8.78 Å². The molecule has 2 aliphatic rings. The number of aliphatic hydroxyl groups is 1. The molecule has 0 unspecified atom stereocenters. The zero-order chi connectivity index (χ0) is 22.9. The molecule has 166 valence electrons. The van der Waals surface area contributed by atoms with Crippen LogP contribution in [-0.4, -0.2) is 35.1 Å². The first-order valence-electron chi connectivity index (χ1n) is 10.9. The van der Waals surface area contributed by atoms with Gasteiger partial charge in [0.05, 0.1) is 29.8 Å². The Balaban J connectivity index is 1.54. The number of carbonyl (C=O) groups is 1. The normalized spacial score (nSPS) is 20.8. The molecule has 2 heterocycles. The van der Waals surface area contributed by atoms with Gasteiger partial charge in [0.25, 0.3) is 5.91 Å². The summed E-state index contributed by atoms with van der Waals surface area (Å²) in [6.07, 6.45) is 0.688. The molecular weight excluding hydrogens is 422 g/mol. The van der Waals surface area contributed by atoms with Crippen LogP contribution in [0.25, 0.3) is 0 Å². The molecule has 0 aliphatic carbocycles. The van der Waals surface area contributed by atoms with Gasteiger partial charge in [0.1, 0.15) is 11.6 Å². The van der Waals surface area contributed by atoms with E-state index in [-0.39, 0.29) is 41.9 Å². The largest absolute Gasteiger partial charge is 0.394 e. The Labute approximate surface area is 190 Å². The Morgan fingerprint density at radius 3 is 2.55 bits per heavy atom. The fourth-order valence-corrected chi connectivity index (χ4v) is 4.86. The van der Waals surface area contributed by atoms with Gasteiger partial charge >= 0.3 is 0 Å². The first kappa shape index (κ1) is 21.2. The second-order valence-electron chi connectivity index (χ2n) is 8.34. The number of nitrogens with zero attached hydrogens (tertiary/aromatic N) is 1. The highest BCUT2D eigenvalue weighted by molar-refractivity contribution is 5.95. The van der Waals surface area contributed by atoms with Crippen molar-refractivity contribution in [3.05, 3.63) is 101 Å². The summed E-state index contributed by atoms with van der Waals surface area (Å²) in [4.78, 5) is 15.0. The molecular formula is C27H22F2N2O2. The van der Waals surface area contributed by atoms with Crippen molar-refractivity contribution in [3.8, 4) is 11.8 Å². The Kier molecular flexibility index (Phi) is 5.57. The van der Waals surface area contributed by atoms with Crippen LogP contribution in [0.4, 0.5) is 14.5 Å². The minimum Gasteiger partial charge on any atom is -0.394 e. The maximum atomic E-state index is 14.4. The van der Waals surface area contributed by atoms with Crippen LogP contribution in [0.15, 0.2) is 66.7 Å². The molecule has 3 atom stereocenters. The quantitative estimate of drug-likeness (QED) is 0.578. The van der Waals surface area contributed by atoms with Crippen LogP contribution in [0, 0.1) is 29.4 Å². The zero-order valence-electron chi connectivity index (χ0n) is 17.8. The number of benzene rings is 3. The summed E-state index contributed by atoms with van der Waals surface area (Å²) in [5.41, 5.74) is 2.70. The SMILES string of the molecule is O=C(c1ccccc1F)N1CC[C@@H]2[C@@H](CO)Nc3ccc(C#Cc4ccccc4F)cc3[C@@H]21. The molecule has 0 radical (unpaired) electrons. The van der Waals surface area contributed by atoms with Crippen LogP contribution in [0.5, 0.6) is 0 Å². The molecule has 5 rings (SSSR count). The molecule has 0 saturated carbocycles. The third kappa shape index (κ3) is 3.85. The smallest absolute Gasteiger partial charge is 0.257 e. The van der Waals surface area contributed by atoms with Gasteiger partial charge in [0.15, 0.2) is 0 Å². The standard InChI is InChI=1S/C27H22F2N2O2/c28-22-7-3-1-5-18(22)11-9-17-10-12-24-21(15-17)26-20(25(16-32)30-24)13-14-31(26)27(33)19-6-2-4-8-23(19)29/h1-8,10,12,15,20,25-26,30,32H,13-14,16H2/t20-,25-,26-/m1/s1. The number of amides is 1. The Morgan fingerprint density at radius 2 is 1.79 bits per heavy atom. The van der Waals surface area contributed by atoms with Crippen LogP contribution in [0.2, 0.25) is 0 Å². The number of fused-ring (bicyclic) bond motifs is 3. The molecule has 1 amide bonds. The minimum atomic E-state index is -0.552. The summed E-state index contributed by atoms with van der Waals surface area (Å²) >= 11 is 0. The van der Waals surface area contributed by atoms with E-state index in [0.29, 0.717) is 24.1 Å². The molecule has 4 nitrogen and oxygen atoms in total. The monoisotopic (exact) mass is 444 g/mol. The van der Waals surface area contributed by atoms with E-state index in [1.165, 1.54) is 18.2 Å². The fourth-order valence-electron chi connectivity index (χ4n) is 4.86. The van der Waals surface area contributed by atoms with Crippen LogP contribution in [0.3, 0.4) is 0 Å². The predicted molar refractivity (Wildman–Crippen MR) is 122 cm³/mol. The highest BCUT2D eigenvalue weighted by Gasteiger charge is 2.46. The molecule has 0 aromatic heterocycles. The van der Waals surface area contributed by atoms with Gasteiger partial charge in [-0.3, -0.25) is 4.79 Å². The Morgan fingerprint density at radius 1 is 1.03 bits per heavy atom. The fraction of sp³-hybridized carbons (Fsp3) is 0.222. The van der Waals surface area contributed by atoms with Crippen LogP contribution < -0.4 is 5.32 Å². The lowest BCUT2D eigenvalue weighted by molar-refractivity contribution is 0.0696. The number of hydrogen-bond donors (Lipinski definition) is 2. The molecule has 6 heteroatoms. The van der Waals surface area contributed by atoms with Gasteiger partial charge in [0, 0.05) is 23.7 Å². The number of likely N-dealkylation sites (tertiary alicyclic amines) is 1. The first-order valence-corrected chi connectivity index (χ1v) is 10.9. The van der Waals surface area contributed by atoms with Gasteiger partial charge in [-0.05, 0) is 54.4 Å². The van der Waals surface area contributed by atoms with E-state index in [4.69, 9.17) is 0 Å². The maximum Gasteiger partial charge on any atom is 0.257 e. The van der Waals surface area contributed by atoms with Gasteiger partial charge in [0.2, 0.25) is 0 Å². The van der Waals surface area contributed by atoms with Crippen molar-refractivity contribution in [1.29, 1.82) is 0 Å². The number of aliphatic hydroxyl groups excluding tert-OH is 1. The summed E-state index contributed by atoms with van der Waals surface area (Å²) in [7, 11) is 0. The molecule has 2 N–H and O–H groups in total. The van der Waals surface area contributed by atoms with E-state index in [9.17, 15) is 18.7 Å². The molecule has 1 fully saturated rings. The van der Waals surface area contributed by atoms with E-state index in [2.05, 4.69) is 17.2 Å².